The smallest absolute Gasteiger partial charge is 0.00805 e. The van der Waals surface area contributed by atoms with Crippen molar-refractivity contribution >= 4 is 0 Å². The first-order chi connectivity index (χ1) is 7.23. The molecule has 0 aliphatic heterocycles. The Morgan fingerprint density at radius 3 is 2.73 bits per heavy atom. The number of hydrogen-bond acceptors (Lipinski definition) is 0. The Kier molecular flexibility index (Phi) is 1.83. The Balaban J connectivity index is 2.20. The third-order valence-electron chi connectivity index (χ3n) is 4.68. The van der Waals surface area contributed by atoms with Crippen LogP contribution in [0.2, 0.25) is 0 Å². The van der Waals surface area contributed by atoms with E-state index in [0.29, 0.717) is 17.3 Å². The van der Waals surface area contributed by atoms with Gasteiger partial charge in [0.1, 0.15) is 0 Å². The van der Waals surface area contributed by atoms with Crippen LogP contribution in [0.25, 0.3) is 0 Å². The van der Waals surface area contributed by atoms with Crippen molar-refractivity contribution < 1.29 is 0 Å². The van der Waals surface area contributed by atoms with E-state index in [1.807, 2.05) is 0 Å². The second-order valence-electron chi connectivity index (χ2n) is 5.30. The van der Waals surface area contributed by atoms with Crippen LogP contribution in [0.15, 0.2) is 36.4 Å². The molecule has 0 saturated heterocycles. The maximum Gasteiger partial charge on any atom is 0.00805 e. The van der Waals surface area contributed by atoms with Gasteiger partial charge in [0, 0.05) is 5.92 Å². The van der Waals surface area contributed by atoms with Gasteiger partial charge in [0.25, 0.3) is 0 Å². The third-order valence-corrected chi connectivity index (χ3v) is 4.68. The average molecular weight is 198 g/mol. The van der Waals surface area contributed by atoms with Gasteiger partial charge in [0.2, 0.25) is 0 Å². The molecular weight excluding hydrogens is 180 g/mol. The molecule has 15 heavy (non-hydrogen) atoms. The molecule has 0 saturated carbocycles. The van der Waals surface area contributed by atoms with E-state index in [2.05, 4.69) is 50.3 Å². The van der Waals surface area contributed by atoms with Crippen molar-refractivity contribution in [3.63, 3.8) is 0 Å². The van der Waals surface area contributed by atoms with Gasteiger partial charge in [-0.15, -0.1) is 0 Å². The summed E-state index contributed by atoms with van der Waals surface area (Å²) in [6, 6.07) is 8.99. The third kappa shape index (κ3) is 1.08. The van der Waals surface area contributed by atoms with Crippen LogP contribution in [0, 0.1) is 5.41 Å². The Morgan fingerprint density at radius 2 is 1.93 bits per heavy atom. The molecule has 0 aromatic heterocycles. The van der Waals surface area contributed by atoms with Crippen LogP contribution in [0.1, 0.15) is 49.7 Å². The van der Waals surface area contributed by atoms with Crippen LogP contribution in [-0.4, -0.2) is 0 Å². The van der Waals surface area contributed by atoms with Gasteiger partial charge in [-0.25, -0.2) is 0 Å². The molecule has 3 rings (SSSR count). The second-order valence-corrected chi connectivity index (χ2v) is 5.30. The Bertz CT molecular complexity index is 416. The van der Waals surface area contributed by atoms with Gasteiger partial charge in [0.15, 0.2) is 0 Å². The van der Waals surface area contributed by atoms with Crippen LogP contribution >= 0.6 is 0 Å². The van der Waals surface area contributed by atoms with Crippen molar-refractivity contribution in [1.82, 2.24) is 0 Å². The van der Waals surface area contributed by atoms with Crippen molar-refractivity contribution in [3.8, 4) is 0 Å². The lowest BCUT2D eigenvalue weighted by Gasteiger charge is -2.37. The summed E-state index contributed by atoms with van der Waals surface area (Å²) in [4.78, 5) is 0. The van der Waals surface area contributed by atoms with Crippen LogP contribution in [-0.2, 0) is 0 Å². The minimum atomic E-state index is 0.471. The molecule has 0 amide bonds. The Morgan fingerprint density at radius 1 is 1.20 bits per heavy atom. The zero-order valence-corrected chi connectivity index (χ0v) is 9.53. The predicted octanol–water partition coefficient (Wildman–Crippen LogP) is 4.24. The Hall–Kier alpha value is -1.04. The summed E-state index contributed by atoms with van der Waals surface area (Å²) >= 11 is 0. The molecule has 78 valence electrons. The van der Waals surface area contributed by atoms with Crippen LogP contribution in [0.4, 0.5) is 0 Å². The number of allylic oxidation sites excluding steroid dienone is 2. The van der Waals surface area contributed by atoms with Crippen LogP contribution < -0.4 is 0 Å². The van der Waals surface area contributed by atoms with E-state index in [9.17, 15) is 0 Å². The van der Waals surface area contributed by atoms with E-state index in [4.69, 9.17) is 0 Å². The number of fused-ring (bicyclic) bond motifs is 3. The minimum absolute atomic E-state index is 0.471. The Labute approximate surface area is 92.0 Å². The zero-order chi connectivity index (χ0) is 10.5. The fourth-order valence-corrected chi connectivity index (χ4v) is 3.49. The highest BCUT2D eigenvalue weighted by Crippen LogP contribution is 2.59. The van der Waals surface area contributed by atoms with E-state index in [-0.39, 0.29) is 0 Å². The first-order valence-corrected chi connectivity index (χ1v) is 5.99. The summed E-state index contributed by atoms with van der Waals surface area (Å²) in [5, 5.41) is 0. The van der Waals surface area contributed by atoms with Crippen molar-refractivity contribution in [2.75, 3.05) is 0 Å². The normalized spacial score (nSPS) is 37.5. The summed E-state index contributed by atoms with van der Waals surface area (Å²) in [5.41, 5.74) is 3.62. The summed E-state index contributed by atoms with van der Waals surface area (Å²) in [7, 11) is 0. The largest absolute Gasteiger partial charge is 0.0879 e. The minimum Gasteiger partial charge on any atom is -0.0879 e. The highest BCUT2D eigenvalue weighted by atomic mass is 14.5. The quantitative estimate of drug-likeness (QED) is 0.547. The molecule has 1 aromatic carbocycles. The molecule has 0 fully saturated rings. The fraction of sp³-hybridized carbons (Fsp3) is 0.467. The van der Waals surface area contributed by atoms with Crippen LogP contribution in [0.5, 0.6) is 0 Å². The van der Waals surface area contributed by atoms with Gasteiger partial charge in [-0.1, -0.05) is 50.3 Å². The zero-order valence-electron chi connectivity index (χ0n) is 9.53. The van der Waals surface area contributed by atoms with Gasteiger partial charge in [-0.2, -0.15) is 0 Å². The summed E-state index contributed by atoms with van der Waals surface area (Å²) in [6.45, 7) is 4.86. The molecule has 0 heteroatoms. The molecule has 0 bridgehead atoms. The first kappa shape index (κ1) is 9.21. The van der Waals surface area contributed by atoms with Crippen LogP contribution in [0.3, 0.4) is 0 Å². The maximum absolute atomic E-state index is 2.46. The molecule has 0 radical (unpaired) electrons. The monoisotopic (exact) mass is 198 g/mol. The van der Waals surface area contributed by atoms with Crippen molar-refractivity contribution in [3.05, 3.63) is 47.5 Å². The fourth-order valence-electron chi connectivity index (χ4n) is 3.49. The SMILES string of the molecule is CC1c2ccccc2C2C=CCCC12C. The second kappa shape index (κ2) is 2.98. The lowest BCUT2D eigenvalue weighted by atomic mass is 9.67. The maximum atomic E-state index is 2.46. The van der Waals surface area contributed by atoms with E-state index in [1.54, 1.807) is 11.1 Å². The molecule has 3 atom stereocenters. The lowest BCUT2D eigenvalue weighted by molar-refractivity contribution is 0.233. The van der Waals surface area contributed by atoms with Gasteiger partial charge >= 0.3 is 0 Å². The lowest BCUT2D eigenvalue weighted by Crippen LogP contribution is -2.25. The molecule has 3 unspecified atom stereocenters. The van der Waals surface area contributed by atoms with Gasteiger partial charge in [-0.3, -0.25) is 0 Å². The van der Waals surface area contributed by atoms with E-state index in [0.717, 1.165) is 0 Å². The summed E-state index contributed by atoms with van der Waals surface area (Å²) < 4.78 is 0. The number of rotatable bonds is 0. The molecule has 2 aliphatic rings. The highest BCUT2D eigenvalue weighted by Gasteiger charge is 2.46. The molecule has 0 nitrogen and oxygen atoms in total. The van der Waals surface area contributed by atoms with E-state index >= 15 is 0 Å². The van der Waals surface area contributed by atoms with Crippen molar-refractivity contribution in [2.24, 2.45) is 5.41 Å². The molecule has 0 spiro atoms. The van der Waals surface area contributed by atoms with E-state index in [1.165, 1.54) is 12.8 Å². The standard InChI is InChI=1S/C15H18/c1-11-12-7-3-4-8-13(12)14-9-5-6-10-15(11,14)2/h3-5,7-9,11,14H,6,10H2,1-2H3. The van der Waals surface area contributed by atoms with Gasteiger partial charge in [0.05, 0.1) is 0 Å². The van der Waals surface area contributed by atoms with E-state index < -0.39 is 0 Å². The predicted molar refractivity (Wildman–Crippen MR) is 64.1 cm³/mol. The molecule has 0 N–H and O–H groups in total. The van der Waals surface area contributed by atoms with Gasteiger partial charge in [-0.05, 0) is 35.3 Å². The molecular formula is C15H18. The van der Waals surface area contributed by atoms with Crippen molar-refractivity contribution in [1.29, 1.82) is 0 Å². The highest BCUT2D eigenvalue weighted by molar-refractivity contribution is 5.45. The molecule has 0 heterocycles. The topological polar surface area (TPSA) is 0 Å². The van der Waals surface area contributed by atoms with Gasteiger partial charge < -0.3 is 0 Å². The molecule has 1 aromatic rings. The first-order valence-electron chi connectivity index (χ1n) is 5.99. The number of hydrogen-bond donors (Lipinski definition) is 0. The summed E-state index contributed by atoms with van der Waals surface area (Å²) in [5.74, 6) is 1.38. The number of benzene rings is 1. The molecule has 2 aliphatic carbocycles. The summed E-state index contributed by atoms with van der Waals surface area (Å²) in [6.07, 6.45) is 7.39. The average Bonchev–Trinajstić information content (AvgIpc) is 2.50. The van der Waals surface area contributed by atoms with Crippen molar-refractivity contribution in [2.45, 2.75) is 38.5 Å².